The number of carbonyl (C=O) groups excluding carboxylic acids is 1. The molecule has 1 saturated heterocycles. The number of esters is 1. The molecule has 2 aliphatic rings. The van der Waals surface area contributed by atoms with Gasteiger partial charge in [0.1, 0.15) is 5.60 Å². The number of hydrogen-bond acceptors (Lipinski definition) is 2. The molecule has 2 nitrogen and oxygen atoms in total. The van der Waals surface area contributed by atoms with Crippen LogP contribution in [0.15, 0.2) is 36.4 Å². The summed E-state index contributed by atoms with van der Waals surface area (Å²) in [5.41, 5.74) is 2.78. The second-order valence-electron chi connectivity index (χ2n) is 5.21. The van der Waals surface area contributed by atoms with Crippen molar-refractivity contribution in [2.75, 3.05) is 0 Å². The van der Waals surface area contributed by atoms with Gasteiger partial charge in [-0.05, 0) is 37.3 Å². The first-order valence-electron chi connectivity index (χ1n) is 6.12. The van der Waals surface area contributed by atoms with E-state index in [0.717, 1.165) is 19.3 Å². The first-order chi connectivity index (χ1) is 8.12. The molecule has 0 radical (unpaired) electrons. The van der Waals surface area contributed by atoms with Gasteiger partial charge in [0, 0.05) is 5.57 Å². The van der Waals surface area contributed by atoms with Gasteiger partial charge in [0.2, 0.25) is 0 Å². The van der Waals surface area contributed by atoms with Gasteiger partial charge in [-0.25, -0.2) is 4.79 Å². The average Bonchev–Trinajstić information content (AvgIpc) is 2.45. The van der Waals surface area contributed by atoms with Crippen LogP contribution < -0.4 is 0 Å². The Morgan fingerprint density at radius 2 is 2.18 bits per heavy atom. The minimum Gasteiger partial charge on any atom is -0.455 e. The third-order valence-corrected chi connectivity index (χ3v) is 4.03. The highest BCUT2D eigenvalue weighted by Gasteiger charge is 2.50. The first-order valence-corrected chi connectivity index (χ1v) is 6.12. The number of carbonyl (C=O) groups is 1. The molecule has 88 valence electrons. The van der Waals surface area contributed by atoms with Crippen LogP contribution >= 0.6 is 0 Å². The molecule has 0 bridgehead atoms. The van der Waals surface area contributed by atoms with E-state index in [1.165, 1.54) is 11.1 Å². The Kier molecular flexibility index (Phi) is 2.15. The quantitative estimate of drug-likeness (QED) is 0.504. The number of fused-ring (bicyclic) bond motifs is 3. The SMILES string of the molecule is C=C1C(=O)O[C@@]2(C)CCCc3ccccc3[C@@H]12. The normalized spacial score (nSPS) is 31.5. The fraction of sp³-hybridized carbons (Fsp3) is 0.400. The van der Waals surface area contributed by atoms with Crippen LogP contribution in [0.25, 0.3) is 0 Å². The molecule has 1 aromatic carbocycles. The highest BCUT2D eigenvalue weighted by molar-refractivity contribution is 5.93. The summed E-state index contributed by atoms with van der Waals surface area (Å²) in [6.45, 7) is 5.97. The molecular weight excluding hydrogens is 212 g/mol. The highest BCUT2D eigenvalue weighted by Crippen LogP contribution is 2.48. The highest BCUT2D eigenvalue weighted by atomic mass is 16.6. The summed E-state index contributed by atoms with van der Waals surface area (Å²) in [6.07, 6.45) is 3.04. The summed E-state index contributed by atoms with van der Waals surface area (Å²) in [7, 11) is 0. The lowest BCUT2D eigenvalue weighted by Crippen LogP contribution is -2.29. The van der Waals surface area contributed by atoms with Gasteiger partial charge < -0.3 is 4.74 Å². The molecule has 3 rings (SSSR count). The lowest BCUT2D eigenvalue weighted by atomic mass is 9.79. The van der Waals surface area contributed by atoms with Crippen LogP contribution in [0, 0.1) is 0 Å². The molecule has 0 aromatic heterocycles. The van der Waals surface area contributed by atoms with Crippen LogP contribution in [-0.4, -0.2) is 11.6 Å². The molecule has 2 heteroatoms. The average molecular weight is 228 g/mol. The van der Waals surface area contributed by atoms with Crippen molar-refractivity contribution in [1.82, 2.24) is 0 Å². The summed E-state index contributed by atoms with van der Waals surface area (Å²) < 4.78 is 5.56. The predicted octanol–water partition coefficient (Wildman–Crippen LogP) is 2.98. The van der Waals surface area contributed by atoms with Crippen LogP contribution in [-0.2, 0) is 16.0 Å². The molecule has 0 unspecified atom stereocenters. The third kappa shape index (κ3) is 1.43. The van der Waals surface area contributed by atoms with Gasteiger partial charge in [0.25, 0.3) is 0 Å². The lowest BCUT2D eigenvalue weighted by Gasteiger charge is -2.28. The van der Waals surface area contributed by atoms with Gasteiger partial charge in [-0.1, -0.05) is 30.8 Å². The molecule has 0 N–H and O–H groups in total. The molecule has 1 aromatic rings. The first kappa shape index (κ1) is 10.6. The predicted molar refractivity (Wildman–Crippen MR) is 65.8 cm³/mol. The van der Waals surface area contributed by atoms with Gasteiger partial charge in [-0.2, -0.15) is 0 Å². The van der Waals surface area contributed by atoms with Gasteiger partial charge in [0.05, 0.1) is 5.92 Å². The maximum Gasteiger partial charge on any atom is 0.334 e. The van der Waals surface area contributed by atoms with Crippen molar-refractivity contribution in [2.24, 2.45) is 0 Å². The van der Waals surface area contributed by atoms with E-state index in [1.807, 2.05) is 13.0 Å². The maximum atomic E-state index is 11.7. The largest absolute Gasteiger partial charge is 0.455 e. The molecule has 2 atom stereocenters. The van der Waals surface area contributed by atoms with Gasteiger partial charge >= 0.3 is 5.97 Å². The summed E-state index contributed by atoms with van der Waals surface area (Å²) in [4.78, 5) is 11.7. The Hall–Kier alpha value is -1.57. The van der Waals surface area contributed by atoms with E-state index in [-0.39, 0.29) is 17.5 Å². The minimum atomic E-state index is -0.388. The fourth-order valence-corrected chi connectivity index (χ4v) is 3.21. The van der Waals surface area contributed by atoms with E-state index < -0.39 is 0 Å². The van der Waals surface area contributed by atoms with Gasteiger partial charge in [-0.3, -0.25) is 0 Å². The summed E-state index contributed by atoms with van der Waals surface area (Å²) in [6, 6.07) is 8.34. The van der Waals surface area contributed by atoms with Crippen LogP contribution in [0.2, 0.25) is 0 Å². The number of hydrogen-bond donors (Lipinski definition) is 0. The topological polar surface area (TPSA) is 26.3 Å². The van der Waals surface area contributed by atoms with Crippen molar-refractivity contribution < 1.29 is 9.53 Å². The molecule has 1 aliphatic heterocycles. The standard InChI is InChI=1S/C15H16O2/c1-10-13-12-8-4-3-6-11(12)7-5-9-15(13,2)17-14(10)16/h3-4,6,8,13H,1,5,7,9H2,2H3/t13-,15+/m1/s1. The van der Waals surface area contributed by atoms with Crippen molar-refractivity contribution in [1.29, 1.82) is 0 Å². The Balaban J connectivity index is 2.18. The Morgan fingerprint density at radius 1 is 1.41 bits per heavy atom. The van der Waals surface area contributed by atoms with Gasteiger partial charge in [-0.15, -0.1) is 0 Å². The van der Waals surface area contributed by atoms with Crippen LogP contribution in [0.3, 0.4) is 0 Å². The van der Waals surface area contributed by atoms with Crippen LogP contribution in [0.4, 0.5) is 0 Å². The maximum absolute atomic E-state index is 11.7. The van der Waals surface area contributed by atoms with Crippen molar-refractivity contribution in [3.8, 4) is 0 Å². The van der Waals surface area contributed by atoms with Crippen LogP contribution in [0.5, 0.6) is 0 Å². The minimum absolute atomic E-state index is 0.0358. The second-order valence-corrected chi connectivity index (χ2v) is 5.21. The molecule has 0 spiro atoms. The molecule has 1 fully saturated rings. The molecular formula is C15H16O2. The van der Waals surface area contributed by atoms with Crippen molar-refractivity contribution in [3.63, 3.8) is 0 Å². The van der Waals surface area contributed by atoms with E-state index in [0.29, 0.717) is 5.57 Å². The van der Waals surface area contributed by atoms with Crippen molar-refractivity contribution >= 4 is 5.97 Å². The Labute approximate surface area is 101 Å². The zero-order chi connectivity index (χ0) is 12.0. The van der Waals surface area contributed by atoms with E-state index in [2.05, 4.69) is 24.8 Å². The summed E-state index contributed by atoms with van der Waals surface area (Å²) in [5.74, 6) is -0.192. The van der Waals surface area contributed by atoms with Gasteiger partial charge in [0.15, 0.2) is 0 Å². The summed E-state index contributed by atoms with van der Waals surface area (Å²) in [5, 5.41) is 0. The van der Waals surface area contributed by atoms with Crippen molar-refractivity contribution in [2.45, 2.75) is 37.7 Å². The van der Waals surface area contributed by atoms with E-state index in [4.69, 9.17) is 4.74 Å². The van der Waals surface area contributed by atoms with E-state index >= 15 is 0 Å². The smallest absolute Gasteiger partial charge is 0.334 e. The second kappa shape index (κ2) is 3.46. The van der Waals surface area contributed by atoms with E-state index in [9.17, 15) is 4.79 Å². The number of ether oxygens (including phenoxy) is 1. The zero-order valence-corrected chi connectivity index (χ0v) is 10.0. The molecule has 1 heterocycles. The summed E-state index contributed by atoms with van der Waals surface area (Å²) >= 11 is 0. The number of aryl methyl sites for hydroxylation is 1. The third-order valence-electron chi connectivity index (χ3n) is 4.03. The van der Waals surface area contributed by atoms with Crippen molar-refractivity contribution in [3.05, 3.63) is 47.5 Å². The molecule has 1 aliphatic carbocycles. The molecule has 17 heavy (non-hydrogen) atoms. The number of benzene rings is 1. The molecule has 0 amide bonds. The number of rotatable bonds is 0. The van der Waals surface area contributed by atoms with E-state index in [1.54, 1.807) is 0 Å². The lowest BCUT2D eigenvalue weighted by molar-refractivity contribution is -0.146. The zero-order valence-electron chi connectivity index (χ0n) is 10.0. The Bertz CT molecular complexity index is 503. The van der Waals surface area contributed by atoms with Crippen LogP contribution in [0.1, 0.15) is 36.8 Å². The monoisotopic (exact) mass is 228 g/mol. The Morgan fingerprint density at radius 3 is 3.00 bits per heavy atom. The fourth-order valence-electron chi connectivity index (χ4n) is 3.21. The molecule has 0 saturated carbocycles.